The molecule has 2 aliphatic heterocycles. The van der Waals surface area contributed by atoms with E-state index >= 15 is 0 Å². The molecule has 8 heteroatoms. The van der Waals surface area contributed by atoms with Gasteiger partial charge in [-0.25, -0.2) is 4.98 Å². The Morgan fingerprint density at radius 2 is 1.89 bits per heavy atom. The van der Waals surface area contributed by atoms with Crippen molar-refractivity contribution in [3.8, 4) is 0 Å². The first-order chi connectivity index (χ1) is 13.6. The van der Waals surface area contributed by atoms with Gasteiger partial charge in [-0.3, -0.25) is 14.5 Å². The number of carbonyl (C=O) groups is 2. The maximum atomic E-state index is 12.7. The summed E-state index contributed by atoms with van der Waals surface area (Å²) >= 11 is 1.65. The average Bonchev–Trinajstić information content (AvgIpc) is 3.40. The molecule has 2 aromatic rings. The fourth-order valence-corrected chi connectivity index (χ4v) is 4.43. The molecule has 2 fully saturated rings. The zero-order valence-corrected chi connectivity index (χ0v) is 16.8. The van der Waals surface area contributed by atoms with E-state index in [9.17, 15) is 9.59 Å². The molecule has 2 aliphatic rings. The van der Waals surface area contributed by atoms with E-state index in [0.717, 1.165) is 55.7 Å². The highest BCUT2D eigenvalue weighted by Crippen LogP contribution is 2.23. The fourth-order valence-electron chi connectivity index (χ4n) is 3.73. The van der Waals surface area contributed by atoms with Crippen LogP contribution in [-0.4, -0.2) is 60.5 Å². The van der Waals surface area contributed by atoms with Gasteiger partial charge >= 0.3 is 0 Å². The van der Waals surface area contributed by atoms with E-state index in [2.05, 4.69) is 20.1 Å². The van der Waals surface area contributed by atoms with Gasteiger partial charge in [0.05, 0.1) is 6.04 Å². The van der Waals surface area contributed by atoms with Crippen molar-refractivity contribution in [2.24, 2.45) is 0 Å². The molecule has 1 N–H and O–H groups in total. The van der Waals surface area contributed by atoms with Crippen molar-refractivity contribution < 1.29 is 9.59 Å². The summed E-state index contributed by atoms with van der Waals surface area (Å²) in [7, 11) is 0. The average molecular weight is 400 g/mol. The monoisotopic (exact) mass is 399 g/mol. The first-order valence-corrected chi connectivity index (χ1v) is 10.6. The van der Waals surface area contributed by atoms with E-state index < -0.39 is 0 Å². The molecule has 0 spiro atoms. The van der Waals surface area contributed by atoms with Crippen LogP contribution in [0.2, 0.25) is 0 Å². The number of hydrogen-bond donors (Lipinski definition) is 1. The van der Waals surface area contributed by atoms with Crippen LogP contribution in [0.5, 0.6) is 0 Å². The summed E-state index contributed by atoms with van der Waals surface area (Å²) in [5.74, 6) is 0.162. The molecule has 148 valence electrons. The molecule has 2 saturated heterocycles. The minimum Gasteiger partial charge on any atom is -0.346 e. The second-order valence-electron chi connectivity index (χ2n) is 7.20. The number of aromatic nitrogens is 1. The smallest absolute Gasteiger partial charge is 0.241 e. The number of nitrogens with one attached hydrogen (secondary N) is 1. The van der Waals surface area contributed by atoms with Crippen LogP contribution in [0.4, 0.5) is 16.5 Å². The summed E-state index contributed by atoms with van der Waals surface area (Å²) in [4.78, 5) is 35.2. The Morgan fingerprint density at radius 1 is 1.14 bits per heavy atom. The first-order valence-electron chi connectivity index (χ1n) is 9.71. The highest BCUT2D eigenvalue weighted by molar-refractivity contribution is 7.13. The Hall–Kier alpha value is -2.45. The van der Waals surface area contributed by atoms with Crippen LogP contribution in [-0.2, 0) is 9.59 Å². The quantitative estimate of drug-likeness (QED) is 0.836. The zero-order chi connectivity index (χ0) is 19.5. The third-order valence-corrected chi connectivity index (χ3v) is 6.28. The molecule has 1 aromatic heterocycles. The summed E-state index contributed by atoms with van der Waals surface area (Å²) < 4.78 is 0. The molecule has 4 rings (SSSR count). The second-order valence-corrected chi connectivity index (χ2v) is 8.07. The zero-order valence-electron chi connectivity index (χ0n) is 16.0. The van der Waals surface area contributed by atoms with Crippen molar-refractivity contribution in [2.75, 3.05) is 47.8 Å². The van der Waals surface area contributed by atoms with Gasteiger partial charge in [0, 0.05) is 62.1 Å². The molecule has 7 nitrogen and oxygen atoms in total. The number of carbonyl (C=O) groups excluding carboxylic acids is 2. The molecule has 1 aromatic carbocycles. The number of amides is 2. The van der Waals surface area contributed by atoms with Crippen LogP contribution in [0.25, 0.3) is 0 Å². The van der Waals surface area contributed by atoms with E-state index in [1.165, 1.54) is 0 Å². The van der Waals surface area contributed by atoms with E-state index in [-0.39, 0.29) is 17.9 Å². The number of rotatable bonds is 5. The van der Waals surface area contributed by atoms with Crippen LogP contribution < -0.4 is 15.1 Å². The molecule has 0 saturated carbocycles. The third-order valence-electron chi connectivity index (χ3n) is 5.45. The summed E-state index contributed by atoms with van der Waals surface area (Å²) in [6.45, 7) is 6.15. The van der Waals surface area contributed by atoms with E-state index in [1.807, 2.05) is 42.8 Å². The standard InChI is InChI=1S/C20H25N5O2S/c1-15(23-10-12-24(13-11-23)20-21-8-14-28-20)19(27)22-16-4-6-17(7-5-16)25-9-2-3-18(25)26/h4-8,14-15H,2-3,9-13H2,1H3,(H,22,27). The predicted octanol–water partition coefficient (Wildman–Crippen LogP) is 2.42. The lowest BCUT2D eigenvalue weighted by Crippen LogP contribution is -2.52. The van der Waals surface area contributed by atoms with Crippen LogP contribution in [0.3, 0.4) is 0 Å². The van der Waals surface area contributed by atoms with Crippen molar-refractivity contribution in [1.82, 2.24) is 9.88 Å². The predicted molar refractivity (Wildman–Crippen MR) is 112 cm³/mol. The minimum atomic E-state index is -0.196. The van der Waals surface area contributed by atoms with E-state index in [1.54, 1.807) is 16.2 Å². The molecule has 1 atom stereocenters. The van der Waals surface area contributed by atoms with Gasteiger partial charge in [-0.1, -0.05) is 0 Å². The second kappa shape index (κ2) is 8.28. The van der Waals surface area contributed by atoms with Gasteiger partial charge in [0.2, 0.25) is 11.8 Å². The molecular formula is C20H25N5O2S. The molecule has 0 aliphatic carbocycles. The topological polar surface area (TPSA) is 68.8 Å². The lowest BCUT2D eigenvalue weighted by molar-refractivity contribution is -0.121. The van der Waals surface area contributed by atoms with Gasteiger partial charge in [0.1, 0.15) is 0 Å². The Balaban J connectivity index is 1.30. The highest BCUT2D eigenvalue weighted by atomic mass is 32.1. The molecule has 0 bridgehead atoms. The van der Waals surface area contributed by atoms with Gasteiger partial charge in [0.15, 0.2) is 5.13 Å². The summed E-state index contributed by atoms with van der Waals surface area (Å²) in [5, 5.41) is 6.04. The van der Waals surface area contributed by atoms with Gasteiger partial charge in [-0.15, -0.1) is 11.3 Å². The summed E-state index contributed by atoms with van der Waals surface area (Å²) in [6, 6.07) is 7.34. The number of thiazole rings is 1. The summed E-state index contributed by atoms with van der Waals surface area (Å²) in [6.07, 6.45) is 3.35. The Morgan fingerprint density at radius 3 is 2.50 bits per heavy atom. The Labute approximate surface area is 169 Å². The molecular weight excluding hydrogens is 374 g/mol. The van der Waals surface area contributed by atoms with Crippen molar-refractivity contribution in [1.29, 1.82) is 0 Å². The van der Waals surface area contributed by atoms with Gasteiger partial charge in [0.25, 0.3) is 0 Å². The Bertz CT molecular complexity index is 816. The van der Waals surface area contributed by atoms with Crippen LogP contribution >= 0.6 is 11.3 Å². The lowest BCUT2D eigenvalue weighted by Gasteiger charge is -2.37. The molecule has 1 unspecified atom stereocenters. The molecule has 0 radical (unpaired) electrons. The SMILES string of the molecule is CC(C(=O)Nc1ccc(N2CCCC2=O)cc1)N1CCN(c2nccs2)CC1. The summed E-state index contributed by atoms with van der Waals surface area (Å²) in [5.41, 5.74) is 1.65. The number of nitrogens with zero attached hydrogens (tertiary/aromatic N) is 4. The first kappa shape index (κ1) is 18.9. The van der Waals surface area contributed by atoms with Crippen LogP contribution in [0.15, 0.2) is 35.8 Å². The highest BCUT2D eigenvalue weighted by Gasteiger charge is 2.26. The van der Waals surface area contributed by atoms with Crippen LogP contribution in [0.1, 0.15) is 19.8 Å². The van der Waals surface area contributed by atoms with Crippen LogP contribution in [0, 0.1) is 0 Å². The normalized spacial score (nSPS) is 19.1. The number of benzene rings is 1. The largest absolute Gasteiger partial charge is 0.346 e. The molecule has 28 heavy (non-hydrogen) atoms. The van der Waals surface area contributed by atoms with E-state index in [0.29, 0.717) is 6.42 Å². The van der Waals surface area contributed by atoms with Crippen molar-refractivity contribution in [2.45, 2.75) is 25.8 Å². The van der Waals surface area contributed by atoms with Gasteiger partial charge in [-0.05, 0) is 37.6 Å². The maximum Gasteiger partial charge on any atom is 0.241 e. The van der Waals surface area contributed by atoms with Gasteiger partial charge < -0.3 is 15.1 Å². The van der Waals surface area contributed by atoms with Gasteiger partial charge in [-0.2, -0.15) is 0 Å². The van der Waals surface area contributed by atoms with E-state index in [4.69, 9.17) is 0 Å². The molecule has 2 amide bonds. The lowest BCUT2D eigenvalue weighted by atomic mass is 10.2. The maximum absolute atomic E-state index is 12.7. The Kier molecular flexibility index (Phi) is 5.59. The number of hydrogen-bond acceptors (Lipinski definition) is 6. The fraction of sp³-hybridized carbons (Fsp3) is 0.450. The number of piperazine rings is 1. The van der Waals surface area contributed by atoms with Crippen molar-refractivity contribution >= 4 is 39.7 Å². The van der Waals surface area contributed by atoms with Crippen molar-refractivity contribution in [3.05, 3.63) is 35.8 Å². The number of anilines is 3. The molecule has 3 heterocycles. The third kappa shape index (κ3) is 4.02. The minimum absolute atomic E-state index is 0.00676. The van der Waals surface area contributed by atoms with Crippen molar-refractivity contribution in [3.63, 3.8) is 0 Å².